The molecule has 178 valence electrons. The van der Waals surface area contributed by atoms with Gasteiger partial charge in [-0.15, -0.1) is 0 Å². The molecular weight excluding hydrogens is 457 g/mol. The first-order chi connectivity index (χ1) is 14.5. The summed E-state index contributed by atoms with van der Waals surface area (Å²) in [4.78, 5) is 3.33. The molecule has 2 unspecified atom stereocenters. The molecule has 0 aromatic carbocycles. The van der Waals surface area contributed by atoms with Crippen LogP contribution in [0.4, 0.5) is 26.3 Å². The smallest absolute Gasteiger partial charge is 0.372 e. The molecular formula is C21H31F6N2PS. The Morgan fingerprint density at radius 2 is 1.39 bits per heavy atom. The zero-order valence-corrected chi connectivity index (χ0v) is 20.2. The van der Waals surface area contributed by atoms with E-state index >= 15 is 0 Å². The Bertz CT molecular complexity index is 733. The summed E-state index contributed by atoms with van der Waals surface area (Å²) < 4.78 is 88.2. The van der Waals surface area contributed by atoms with E-state index in [0.29, 0.717) is 31.4 Å². The molecule has 0 amide bonds. The normalized spacial score (nSPS) is 27.5. The molecule has 0 saturated heterocycles. The number of nitrogens with zero attached hydrogens (tertiary/aromatic N) is 2. The summed E-state index contributed by atoms with van der Waals surface area (Å²) in [6, 6.07) is 0. The minimum absolute atomic E-state index is 0.0255. The molecule has 0 spiro atoms. The summed E-state index contributed by atoms with van der Waals surface area (Å²) in [5.41, 5.74) is -0.947. The standard InChI is InChI=1S/C21H31F6N2PS/c1-5-28(6-2)17-18(29(7-3)8-4)30-19(17,21(25,26)27)16(20(22,23)24)15(31-30)14-12-10-9-11-13-14/h14H,5-13H2,1-4H3. The van der Waals surface area contributed by atoms with Crippen molar-refractivity contribution < 1.29 is 26.3 Å². The lowest BCUT2D eigenvalue weighted by Gasteiger charge is -2.55. The summed E-state index contributed by atoms with van der Waals surface area (Å²) in [5, 5.41) is -2.91. The van der Waals surface area contributed by atoms with E-state index in [1.165, 1.54) is 4.90 Å². The lowest BCUT2D eigenvalue weighted by Crippen LogP contribution is -2.59. The van der Waals surface area contributed by atoms with Crippen molar-refractivity contribution in [3.63, 3.8) is 0 Å². The van der Waals surface area contributed by atoms with Gasteiger partial charge in [-0.1, -0.05) is 30.6 Å². The number of hydrogen-bond donors (Lipinski definition) is 0. The summed E-state index contributed by atoms with van der Waals surface area (Å²) in [5.74, 6) is -0.418. The SMILES string of the molecule is CCN(CC)C1=C(N(CC)CC)C2(C(F)(F)F)C(C(F)(F)F)=C(C3CCCCC3)SP12. The molecule has 0 aromatic heterocycles. The molecule has 0 radical (unpaired) electrons. The van der Waals surface area contributed by atoms with Crippen molar-refractivity contribution in [1.29, 1.82) is 0 Å². The third kappa shape index (κ3) is 3.79. The van der Waals surface area contributed by atoms with E-state index in [1.807, 2.05) is 18.7 Å². The average molecular weight is 489 g/mol. The second-order valence-electron chi connectivity index (χ2n) is 8.18. The van der Waals surface area contributed by atoms with Crippen molar-refractivity contribution in [3.05, 3.63) is 21.6 Å². The van der Waals surface area contributed by atoms with Crippen LogP contribution in [0.2, 0.25) is 0 Å². The first-order valence-electron chi connectivity index (χ1n) is 11.1. The van der Waals surface area contributed by atoms with E-state index in [1.54, 1.807) is 13.8 Å². The highest BCUT2D eigenvalue weighted by atomic mass is 32.7. The van der Waals surface area contributed by atoms with Crippen molar-refractivity contribution in [2.75, 3.05) is 26.2 Å². The number of allylic oxidation sites excluding steroid dienone is 2. The monoisotopic (exact) mass is 488 g/mol. The van der Waals surface area contributed by atoms with Crippen molar-refractivity contribution in [3.8, 4) is 0 Å². The Hall–Kier alpha value is -0.560. The molecule has 2 heterocycles. The Labute approximate surface area is 186 Å². The second-order valence-corrected chi connectivity index (χ2v) is 12.1. The predicted octanol–water partition coefficient (Wildman–Crippen LogP) is 7.69. The van der Waals surface area contributed by atoms with Crippen LogP contribution < -0.4 is 0 Å². The highest BCUT2D eigenvalue weighted by Crippen LogP contribution is 2.90. The lowest BCUT2D eigenvalue weighted by atomic mass is 9.82. The van der Waals surface area contributed by atoms with Crippen LogP contribution in [-0.2, 0) is 0 Å². The van der Waals surface area contributed by atoms with E-state index in [9.17, 15) is 26.3 Å². The van der Waals surface area contributed by atoms with E-state index in [0.717, 1.165) is 30.6 Å². The van der Waals surface area contributed by atoms with E-state index < -0.39 is 36.1 Å². The molecule has 3 rings (SSSR count). The highest BCUT2D eigenvalue weighted by molar-refractivity contribution is 8.60. The molecule has 1 saturated carbocycles. The van der Waals surface area contributed by atoms with Gasteiger partial charge >= 0.3 is 12.4 Å². The molecule has 2 aliphatic heterocycles. The van der Waals surface area contributed by atoms with Gasteiger partial charge < -0.3 is 9.80 Å². The van der Waals surface area contributed by atoms with Crippen molar-refractivity contribution in [1.82, 2.24) is 9.80 Å². The number of fused-ring (bicyclic) bond motifs is 1. The molecule has 31 heavy (non-hydrogen) atoms. The van der Waals surface area contributed by atoms with Gasteiger partial charge in [0, 0.05) is 38.2 Å². The van der Waals surface area contributed by atoms with Crippen LogP contribution in [0.3, 0.4) is 0 Å². The summed E-state index contributed by atoms with van der Waals surface area (Å²) in [6.07, 6.45) is -6.45. The van der Waals surface area contributed by atoms with Crippen molar-refractivity contribution in [2.24, 2.45) is 5.92 Å². The van der Waals surface area contributed by atoms with Crippen LogP contribution in [0.15, 0.2) is 21.6 Å². The molecule has 0 aromatic rings. The fraction of sp³-hybridized carbons (Fsp3) is 0.810. The van der Waals surface area contributed by atoms with Gasteiger partial charge in [0.05, 0.1) is 16.7 Å². The minimum Gasteiger partial charge on any atom is -0.372 e. The van der Waals surface area contributed by atoms with Gasteiger partial charge in [0.15, 0.2) is 5.16 Å². The zero-order valence-electron chi connectivity index (χ0n) is 18.5. The molecule has 1 aliphatic carbocycles. The van der Waals surface area contributed by atoms with Gasteiger partial charge in [0.1, 0.15) is 0 Å². The van der Waals surface area contributed by atoms with Gasteiger partial charge in [-0.3, -0.25) is 0 Å². The molecule has 1 fully saturated rings. The number of alkyl halides is 6. The fourth-order valence-electron chi connectivity index (χ4n) is 5.20. The van der Waals surface area contributed by atoms with Gasteiger partial charge in [-0.25, -0.2) is 0 Å². The Morgan fingerprint density at radius 3 is 1.81 bits per heavy atom. The Morgan fingerprint density at radius 1 is 0.871 bits per heavy atom. The number of rotatable bonds is 7. The van der Waals surface area contributed by atoms with Crippen LogP contribution in [0, 0.1) is 5.92 Å². The predicted molar refractivity (Wildman–Crippen MR) is 116 cm³/mol. The number of hydrogen-bond acceptors (Lipinski definition) is 3. The van der Waals surface area contributed by atoms with Crippen LogP contribution >= 0.6 is 18.5 Å². The first-order valence-corrected chi connectivity index (χ1v) is 13.9. The molecule has 0 N–H and O–H groups in total. The third-order valence-corrected chi connectivity index (χ3v) is 12.2. The van der Waals surface area contributed by atoms with Gasteiger partial charge in [-0.2, -0.15) is 26.3 Å². The van der Waals surface area contributed by atoms with E-state index in [4.69, 9.17) is 0 Å². The topological polar surface area (TPSA) is 6.48 Å². The zero-order chi connectivity index (χ0) is 23.2. The van der Waals surface area contributed by atoms with Gasteiger partial charge in [0.2, 0.25) is 0 Å². The summed E-state index contributed by atoms with van der Waals surface area (Å²) in [7, 11) is -2.12. The van der Waals surface area contributed by atoms with Crippen molar-refractivity contribution >= 4 is 18.5 Å². The fourth-order valence-corrected chi connectivity index (χ4v) is 12.2. The molecule has 3 aliphatic rings. The lowest BCUT2D eigenvalue weighted by molar-refractivity contribution is -0.172. The minimum atomic E-state index is -5.01. The maximum Gasteiger partial charge on any atom is 0.415 e. The molecule has 2 nitrogen and oxygen atoms in total. The largest absolute Gasteiger partial charge is 0.415 e. The van der Waals surface area contributed by atoms with E-state index in [-0.39, 0.29) is 23.7 Å². The quantitative estimate of drug-likeness (QED) is 0.268. The molecule has 2 atom stereocenters. The van der Waals surface area contributed by atoms with Crippen LogP contribution in [0.25, 0.3) is 0 Å². The van der Waals surface area contributed by atoms with Crippen molar-refractivity contribution in [2.45, 2.75) is 77.3 Å². The maximum atomic E-state index is 14.9. The maximum absolute atomic E-state index is 14.9. The Balaban J connectivity index is 2.31. The van der Waals surface area contributed by atoms with Gasteiger partial charge in [-0.05, 0) is 46.5 Å². The van der Waals surface area contributed by atoms with Gasteiger partial charge in [0.25, 0.3) is 0 Å². The van der Waals surface area contributed by atoms with Crippen LogP contribution in [-0.4, -0.2) is 53.5 Å². The first kappa shape index (κ1) is 25.1. The van der Waals surface area contributed by atoms with E-state index in [2.05, 4.69) is 0 Å². The molecule has 10 heteroatoms. The number of halogens is 6. The third-order valence-electron chi connectivity index (χ3n) is 6.66. The second kappa shape index (κ2) is 9.00. The summed E-state index contributed by atoms with van der Waals surface area (Å²) >= 11 is 0.915. The highest BCUT2D eigenvalue weighted by Gasteiger charge is 2.80. The van der Waals surface area contributed by atoms with Crippen LogP contribution in [0.1, 0.15) is 59.8 Å². The van der Waals surface area contributed by atoms with Crippen LogP contribution in [0.5, 0.6) is 0 Å². The molecule has 0 bridgehead atoms. The Kier molecular flexibility index (Phi) is 7.28. The summed E-state index contributed by atoms with van der Waals surface area (Å²) in [6.45, 7) is 8.55. The average Bonchev–Trinajstić information content (AvgIpc) is 3.02.